The van der Waals surface area contributed by atoms with E-state index in [9.17, 15) is 9.59 Å². The molecule has 1 heterocycles. The van der Waals surface area contributed by atoms with Crippen LogP contribution in [0.4, 0.5) is 0 Å². The van der Waals surface area contributed by atoms with E-state index in [1.54, 1.807) is 0 Å². The lowest BCUT2D eigenvalue weighted by Crippen LogP contribution is -2.41. The third-order valence-corrected chi connectivity index (χ3v) is 4.75. The summed E-state index contributed by atoms with van der Waals surface area (Å²) in [5, 5.41) is 0.0247. The average molecular weight is 308 g/mol. The number of hydrogen-bond acceptors (Lipinski definition) is 5. The molecule has 1 saturated heterocycles. The zero-order valence-electron chi connectivity index (χ0n) is 12.2. The van der Waals surface area contributed by atoms with Crippen molar-refractivity contribution in [3.05, 3.63) is 35.9 Å². The topological polar surface area (TPSA) is 52.6 Å². The van der Waals surface area contributed by atoms with Crippen LogP contribution in [0.1, 0.15) is 25.3 Å². The minimum atomic E-state index is -0.594. The summed E-state index contributed by atoms with van der Waals surface area (Å²) in [6.07, 6.45) is 1.22. The van der Waals surface area contributed by atoms with Gasteiger partial charge in [-0.3, -0.25) is 9.59 Å². The van der Waals surface area contributed by atoms with Crippen LogP contribution in [-0.4, -0.2) is 30.1 Å². The minimum absolute atomic E-state index is 0.0247. The number of rotatable bonds is 5. The van der Waals surface area contributed by atoms with Gasteiger partial charge in [0.15, 0.2) is 5.12 Å². The van der Waals surface area contributed by atoms with Crippen LogP contribution in [0.5, 0.6) is 0 Å². The summed E-state index contributed by atoms with van der Waals surface area (Å²) in [6.45, 7) is 2.87. The highest BCUT2D eigenvalue weighted by Gasteiger charge is 2.41. The van der Waals surface area contributed by atoms with Gasteiger partial charge in [-0.15, -0.1) is 0 Å². The van der Waals surface area contributed by atoms with E-state index in [1.165, 1.54) is 18.7 Å². The Morgan fingerprint density at radius 3 is 2.52 bits per heavy atom. The van der Waals surface area contributed by atoms with Crippen molar-refractivity contribution in [1.29, 1.82) is 0 Å². The van der Waals surface area contributed by atoms with E-state index in [4.69, 9.17) is 9.47 Å². The lowest BCUT2D eigenvalue weighted by molar-refractivity contribution is -0.161. The molecule has 0 unspecified atom stereocenters. The van der Waals surface area contributed by atoms with Crippen LogP contribution >= 0.6 is 11.8 Å². The maximum atomic E-state index is 12.5. The van der Waals surface area contributed by atoms with Gasteiger partial charge in [0.2, 0.25) is 0 Å². The quantitative estimate of drug-likeness (QED) is 0.783. The van der Waals surface area contributed by atoms with Crippen molar-refractivity contribution in [1.82, 2.24) is 0 Å². The van der Waals surface area contributed by atoms with Gasteiger partial charge in [0.1, 0.15) is 6.61 Å². The van der Waals surface area contributed by atoms with Crippen LogP contribution < -0.4 is 0 Å². The Morgan fingerprint density at radius 1 is 1.24 bits per heavy atom. The fourth-order valence-electron chi connectivity index (χ4n) is 2.29. The van der Waals surface area contributed by atoms with Gasteiger partial charge in [0.25, 0.3) is 0 Å². The molecular formula is C16H20O4S. The predicted octanol–water partition coefficient (Wildman–Crippen LogP) is 2.81. The summed E-state index contributed by atoms with van der Waals surface area (Å²) in [5.41, 5.74) is 0.371. The molecule has 1 aromatic carbocycles. The van der Waals surface area contributed by atoms with Gasteiger partial charge >= 0.3 is 5.97 Å². The van der Waals surface area contributed by atoms with Gasteiger partial charge in [-0.2, -0.15) is 0 Å². The van der Waals surface area contributed by atoms with E-state index < -0.39 is 5.41 Å². The molecule has 114 valence electrons. The molecule has 0 saturated carbocycles. The van der Waals surface area contributed by atoms with Crippen molar-refractivity contribution in [3.8, 4) is 0 Å². The molecule has 0 aromatic heterocycles. The lowest BCUT2D eigenvalue weighted by atomic mass is 9.82. The third kappa shape index (κ3) is 4.58. The van der Waals surface area contributed by atoms with E-state index in [-0.39, 0.29) is 17.7 Å². The Labute approximate surface area is 129 Å². The number of carbonyl (C=O) groups excluding carboxylic acids is 2. The van der Waals surface area contributed by atoms with Crippen molar-refractivity contribution >= 4 is 22.8 Å². The first kappa shape index (κ1) is 16.0. The summed E-state index contributed by atoms with van der Waals surface area (Å²) in [5.74, 6) is 0.252. The smallest absolute Gasteiger partial charge is 0.313 e. The predicted molar refractivity (Wildman–Crippen MR) is 81.9 cm³/mol. The first-order chi connectivity index (χ1) is 10.1. The highest BCUT2D eigenvalue weighted by molar-refractivity contribution is 8.13. The number of benzene rings is 1. The molecule has 1 aliphatic rings. The number of carbonyl (C=O) groups is 2. The van der Waals surface area contributed by atoms with E-state index in [2.05, 4.69) is 0 Å². The Bertz CT molecular complexity index is 480. The monoisotopic (exact) mass is 308 g/mol. The molecule has 5 heteroatoms. The summed E-state index contributed by atoms with van der Waals surface area (Å²) in [7, 11) is 0. The lowest BCUT2D eigenvalue weighted by Gasteiger charge is -2.34. The second kappa shape index (κ2) is 7.61. The summed E-state index contributed by atoms with van der Waals surface area (Å²) in [6, 6.07) is 9.61. The molecule has 4 nitrogen and oxygen atoms in total. The van der Waals surface area contributed by atoms with Crippen LogP contribution in [0.3, 0.4) is 0 Å². The third-order valence-electron chi connectivity index (χ3n) is 3.65. The number of ether oxygens (including phenoxy) is 2. The van der Waals surface area contributed by atoms with Crippen LogP contribution in [0.2, 0.25) is 0 Å². The fourth-order valence-corrected chi connectivity index (χ4v) is 3.17. The van der Waals surface area contributed by atoms with E-state index in [0.717, 1.165) is 5.56 Å². The second-order valence-electron chi connectivity index (χ2n) is 5.23. The number of hydrogen-bond donors (Lipinski definition) is 0. The van der Waals surface area contributed by atoms with Crippen molar-refractivity contribution in [2.45, 2.75) is 26.4 Å². The van der Waals surface area contributed by atoms with Crippen LogP contribution in [0.25, 0.3) is 0 Å². The molecule has 0 radical (unpaired) electrons. The molecule has 21 heavy (non-hydrogen) atoms. The fraction of sp³-hybridized carbons (Fsp3) is 0.500. The zero-order valence-corrected chi connectivity index (χ0v) is 13.0. The molecule has 1 aromatic rings. The molecular weight excluding hydrogens is 288 g/mol. The van der Waals surface area contributed by atoms with Crippen LogP contribution in [-0.2, 0) is 25.7 Å². The Hall–Kier alpha value is -1.33. The average Bonchev–Trinajstić information content (AvgIpc) is 2.52. The largest absolute Gasteiger partial charge is 0.460 e. The van der Waals surface area contributed by atoms with Gasteiger partial charge in [-0.25, -0.2) is 0 Å². The van der Waals surface area contributed by atoms with Gasteiger partial charge in [0, 0.05) is 25.9 Å². The number of thioether (sulfide) groups is 1. The van der Waals surface area contributed by atoms with E-state index in [1.807, 2.05) is 30.3 Å². The highest BCUT2D eigenvalue weighted by atomic mass is 32.2. The molecule has 0 aliphatic carbocycles. The molecule has 1 aliphatic heterocycles. The Morgan fingerprint density at radius 2 is 1.90 bits per heavy atom. The Balaban J connectivity index is 1.98. The first-order valence-electron chi connectivity index (χ1n) is 7.05. The molecule has 0 spiro atoms. The summed E-state index contributed by atoms with van der Waals surface area (Å²) < 4.78 is 10.8. The second-order valence-corrected chi connectivity index (χ2v) is 6.39. The molecule has 0 atom stereocenters. The highest BCUT2D eigenvalue weighted by Crippen LogP contribution is 2.36. The normalized spacial score (nSPS) is 17.2. The van der Waals surface area contributed by atoms with E-state index >= 15 is 0 Å². The molecule has 2 rings (SSSR count). The molecule has 0 N–H and O–H groups in total. The zero-order chi connectivity index (χ0) is 15.1. The standard InChI is InChI=1S/C16H20O4S/c1-13(17)21-12-16(7-9-19-10-8-16)15(18)20-11-14-5-3-2-4-6-14/h2-6H,7-12H2,1H3. The van der Waals surface area contributed by atoms with Crippen LogP contribution in [0.15, 0.2) is 30.3 Å². The van der Waals surface area contributed by atoms with Gasteiger partial charge in [0.05, 0.1) is 5.41 Å². The maximum absolute atomic E-state index is 12.5. The van der Waals surface area contributed by atoms with E-state index in [0.29, 0.717) is 31.8 Å². The molecule has 0 bridgehead atoms. The van der Waals surface area contributed by atoms with Crippen LogP contribution in [0, 0.1) is 5.41 Å². The van der Waals surface area contributed by atoms with Crippen molar-refractivity contribution in [2.75, 3.05) is 19.0 Å². The summed E-state index contributed by atoms with van der Waals surface area (Å²) >= 11 is 1.19. The number of esters is 1. The summed E-state index contributed by atoms with van der Waals surface area (Å²) in [4.78, 5) is 23.7. The van der Waals surface area contributed by atoms with Gasteiger partial charge in [-0.05, 0) is 18.4 Å². The van der Waals surface area contributed by atoms with Crippen molar-refractivity contribution in [2.24, 2.45) is 5.41 Å². The van der Waals surface area contributed by atoms with Gasteiger partial charge in [-0.1, -0.05) is 42.1 Å². The SMILES string of the molecule is CC(=O)SCC1(C(=O)OCc2ccccc2)CCOCC1. The van der Waals surface area contributed by atoms with Crippen molar-refractivity contribution < 1.29 is 19.1 Å². The molecule has 1 fully saturated rings. The minimum Gasteiger partial charge on any atom is -0.460 e. The molecule has 0 amide bonds. The van der Waals surface area contributed by atoms with Crippen molar-refractivity contribution in [3.63, 3.8) is 0 Å². The maximum Gasteiger partial charge on any atom is 0.313 e. The van der Waals surface area contributed by atoms with Gasteiger partial charge < -0.3 is 9.47 Å². The Kier molecular flexibility index (Phi) is 5.82. The first-order valence-corrected chi connectivity index (χ1v) is 8.03.